The number of hydrogen-bond donors (Lipinski definition) is 1. The lowest BCUT2D eigenvalue weighted by Crippen LogP contribution is -2.40. The normalized spacial score (nSPS) is 21.6. The number of hydrogen-bond acceptors (Lipinski definition) is 3. The molecule has 0 amide bonds. The van der Waals surface area contributed by atoms with Gasteiger partial charge in [0.15, 0.2) is 0 Å². The number of benzene rings is 1. The number of fused-ring (bicyclic) bond motifs is 2. The lowest BCUT2D eigenvalue weighted by Gasteiger charge is -2.32. The Morgan fingerprint density at radius 1 is 1.31 bits per heavy atom. The van der Waals surface area contributed by atoms with Crippen LogP contribution in [0.1, 0.15) is 18.4 Å². The molecule has 2 aliphatic rings. The van der Waals surface area contributed by atoms with Crippen molar-refractivity contribution in [3.05, 3.63) is 23.8 Å². The number of methoxy groups -OCH3 is 1. The zero-order chi connectivity index (χ0) is 11.0. The van der Waals surface area contributed by atoms with Gasteiger partial charge in [-0.25, -0.2) is 0 Å². The predicted octanol–water partition coefficient (Wildman–Crippen LogP) is 1.71. The maximum Gasteiger partial charge on any atom is 0.123 e. The van der Waals surface area contributed by atoms with Crippen LogP contribution in [0.4, 0.5) is 0 Å². The van der Waals surface area contributed by atoms with Gasteiger partial charge in [-0.05, 0) is 44.1 Å². The Labute approximate surface area is 95.8 Å². The molecular weight excluding hydrogens is 202 g/mol. The molecule has 0 radical (unpaired) electrons. The molecule has 0 aromatic heterocycles. The van der Waals surface area contributed by atoms with Crippen molar-refractivity contribution in [2.45, 2.75) is 18.3 Å². The Bertz CT molecular complexity index is 391. The minimum atomic E-state index is 0.231. The summed E-state index contributed by atoms with van der Waals surface area (Å²) >= 11 is 0. The zero-order valence-electron chi connectivity index (χ0n) is 9.58. The number of nitrogens with one attached hydrogen (secondary N) is 1. The molecule has 0 bridgehead atoms. The van der Waals surface area contributed by atoms with Crippen LogP contribution in [0.25, 0.3) is 0 Å². The maximum atomic E-state index is 5.81. The van der Waals surface area contributed by atoms with Gasteiger partial charge in [-0.3, -0.25) is 0 Å². The van der Waals surface area contributed by atoms with Crippen molar-refractivity contribution >= 4 is 0 Å². The fourth-order valence-electron chi connectivity index (χ4n) is 2.79. The molecule has 86 valence electrons. The highest BCUT2D eigenvalue weighted by atomic mass is 16.5. The van der Waals surface area contributed by atoms with Crippen LogP contribution in [0.5, 0.6) is 11.5 Å². The third-order valence-corrected chi connectivity index (χ3v) is 3.82. The average molecular weight is 219 g/mol. The van der Waals surface area contributed by atoms with Gasteiger partial charge in [-0.1, -0.05) is 0 Å². The molecule has 3 rings (SSSR count). The molecule has 0 unspecified atom stereocenters. The third kappa shape index (κ3) is 1.39. The van der Waals surface area contributed by atoms with E-state index in [1.165, 1.54) is 5.56 Å². The topological polar surface area (TPSA) is 30.5 Å². The predicted molar refractivity (Wildman–Crippen MR) is 62.3 cm³/mol. The van der Waals surface area contributed by atoms with E-state index in [9.17, 15) is 0 Å². The summed E-state index contributed by atoms with van der Waals surface area (Å²) < 4.78 is 11.1. The van der Waals surface area contributed by atoms with Crippen molar-refractivity contribution in [2.75, 3.05) is 26.8 Å². The molecule has 1 spiro atoms. The van der Waals surface area contributed by atoms with Gasteiger partial charge < -0.3 is 14.8 Å². The van der Waals surface area contributed by atoms with E-state index < -0.39 is 0 Å². The molecule has 1 aromatic rings. The quantitative estimate of drug-likeness (QED) is 0.780. The summed E-state index contributed by atoms with van der Waals surface area (Å²) in [6.45, 7) is 3.00. The van der Waals surface area contributed by atoms with Crippen molar-refractivity contribution in [3.8, 4) is 11.5 Å². The van der Waals surface area contributed by atoms with Crippen LogP contribution < -0.4 is 14.8 Å². The van der Waals surface area contributed by atoms with Crippen LogP contribution in [-0.4, -0.2) is 26.8 Å². The summed E-state index contributed by atoms with van der Waals surface area (Å²) in [5.41, 5.74) is 1.57. The fraction of sp³-hybridized carbons (Fsp3) is 0.538. The van der Waals surface area contributed by atoms with Crippen molar-refractivity contribution in [1.82, 2.24) is 5.32 Å². The van der Waals surface area contributed by atoms with Gasteiger partial charge in [0.25, 0.3) is 0 Å². The lowest BCUT2D eigenvalue weighted by atomic mass is 9.75. The SMILES string of the molecule is COc1ccc2c(c1)C1(CCNCC1)CO2. The van der Waals surface area contributed by atoms with E-state index in [1.54, 1.807) is 7.11 Å². The molecule has 0 saturated carbocycles. The van der Waals surface area contributed by atoms with Gasteiger partial charge in [0.05, 0.1) is 13.7 Å². The number of piperidine rings is 1. The van der Waals surface area contributed by atoms with E-state index in [4.69, 9.17) is 9.47 Å². The summed E-state index contributed by atoms with van der Waals surface area (Å²) in [7, 11) is 1.71. The largest absolute Gasteiger partial charge is 0.497 e. The highest BCUT2D eigenvalue weighted by molar-refractivity contribution is 5.48. The molecule has 1 saturated heterocycles. The van der Waals surface area contributed by atoms with Gasteiger partial charge in [0.1, 0.15) is 11.5 Å². The van der Waals surface area contributed by atoms with E-state index in [2.05, 4.69) is 11.4 Å². The number of ether oxygens (including phenoxy) is 2. The standard InChI is InChI=1S/C13H17NO2/c1-15-10-2-3-12-11(8-10)13(9-16-12)4-6-14-7-5-13/h2-3,8,14H,4-7,9H2,1H3. The highest BCUT2D eigenvalue weighted by Gasteiger charge is 2.41. The third-order valence-electron chi connectivity index (χ3n) is 3.82. The van der Waals surface area contributed by atoms with E-state index in [-0.39, 0.29) is 5.41 Å². The first kappa shape index (κ1) is 9.97. The van der Waals surface area contributed by atoms with E-state index >= 15 is 0 Å². The monoisotopic (exact) mass is 219 g/mol. The second kappa shape index (κ2) is 3.67. The van der Waals surface area contributed by atoms with E-state index in [0.717, 1.165) is 44.0 Å². The Morgan fingerprint density at radius 3 is 2.88 bits per heavy atom. The van der Waals surface area contributed by atoms with Gasteiger partial charge in [0, 0.05) is 11.0 Å². The van der Waals surface area contributed by atoms with Gasteiger partial charge >= 0.3 is 0 Å². The minimum absolute atomic E-state index is 0.231. The first-order valence-electron chi connectivity index (χ1n) is 5.86. The second-order valence-electron chi connectivity index (χ2n) is 4.68. The smallest absolute Gasteiger partial charge is 0.123 e. The molecule has 16 heavy (non-hydrogen) atoms. The summed E-state index contributed by atoms with van der Waals surface area (Å²) in [6.07, 6.45) is 2.32. The molecule has 3 heteroatoms. The maximum absolute atomic E-state index is 5.81. The molecular formula is C13H17NO2. The Balaban J connectivity index is 2.02. The molecule has 1 aromatic carbocycles. The number of rotatable bonds is 1. The summed E-state index contributed by atoms with van der Waals surface area (Å²) in [4.78, 5) is 0. The van der Waals surface area contributed by atoms with E-state index in [1.807, 2.05) is 12.1 Å². The molecule has 1 N–H and O–H groups in total. The molecule has 0 atom stereocenters. The van der Waals surface area contributed by atoms with Crippen molar-refractivity contribution in [1.29, 1.82) is 0 Å². The van der Waals surface area contributed by atoms with Crippen LogP contribution in [-0.2, 0) is 5.41 Å². The van der Waals surface area contributed by atoms with E-state index in [0.29, 0.717) is 0 Å². The van der Waals surface area contributed by atoms with Crippen molar-refractivity contribution < 1.29 is 9.47 Å². The first-order chi connectivity index (χ1) is 7.84. The van der Waals surface area contributed by atoms with Gasteiger partial charge in [-0.15, -0.1) is 0 Å². The Kier molecular flexibility index (Phi) is 2.28. The van der Waals surface area contributed by atoms with Gasteiger partial charge in [-0.2, -0.15) is 0 Å². The minimum Gasteiger partial charge on any atom is -0.497 e. The fourth-order valence-corrected chi connectivity index (χ4v) is 2.79. The average Bonchev–Trinajstić information content (AvgIpc) is 2.69. The first-order valence-corrected chi connectivity index (χ1v) is 5.86. The van der Waals surface area contributed by atoms with Crippen molar-refractivity contribution in [3.63, 3.8) is 0 Å². The Morgan fingerprint density at radius 2 is 2.12 bits per heavy atom. The highest BCUT2D eigenvalue weighted by Crippen LogP contribution is 2.45. The van der Waals surface area contributed by atoms with Crippen LogP contribution in [0.2, 0.25) is 0 Å². The molecule has 3 nitrogen and oxygen atoms in total. The van der Waals surface area contributed by atoms with Gasteiger partial charge in [0.2, 0.25) is 0 Å². The summed E-state index contributed by atoms with van der Waals surface area (Å²) in [5.74, 6) is 1.98. The van der Waals surface area contributed by atoms with Crippen molar-refractivity contribution in [2.24, 2.45) is 0 Å². The second-order valence-corrected chi connectivity index (χ2v) is 4.68. The Hall–Kier alpha value is -1.22. The van der Waals surface area contributed by atoms with Crippen LogP contribution in [0.3, 0.4) is 0 Å². The van der Waals surface area contributed by atoms with Crippen LogP contribution >= 0.6 is 0 Å². The summed E-state index contributed by atoms with van der Waals surface area (Å²) in [6, 6.07) is 6.15. The molecule has 1 fully saturated rings. The molecule has 2 heterocycles. The van der Waals surface area contributed by atoms with Crippen LogP contribution in [0, 0.1) is 0 Å². The molecule has 0 aliphatic carbocycles. The lowest BCUT2D eigenvalue weighted by molar-refractivity contribution is 0.220. The summed E-state index contributed by atoms with van der Waals surface area (Å²) in [5, 5.41) is 3.41. The van der Waals surface area contributed by atoms with Crippen LogP contribution in [0.15, 0.2) is 18.2 Å². The molecule has 2 aliphatic heterocycles. The zero-order valence-corrected chi connectivity index (χ0v) is 9.58.